The predicted octanol–water partition coefficient (Wildman–Crippen LogP) is 2.21. The number of benzene rings is 1. The minimum absolute atomic E-state index is 0.0343. The lowest BCUT2D eigenvalue weighted by Crippen LogP contribution is -2.14. The second-order valence-corrected chi connectivity index (χ2v) is 7.69. The van der Waals surface area contributed by atoms with Gasteiger partial charge < -0.3 is 9.84 Å². The Hall–Kier alpha value is -1.12. The van der Waals surface area contributed by atoms with Crippen LogP contribution in [0.1, 0.15) is 10.4 Å². The van der Waals surface area contributed by atoms with Crippen molar-refractivity contribution < 1.29 is 18.3 Å². The molecule has 22 heavy (non-hydrogen) atoms. The molecule has 1 aromatic heterocycles. The van der Waals surface area contributed by atoms with E-state index in [0.29, 0.717) is 23.4 Å². The van der Waals surface area contributed by atoms with Gasteiger partial charge in [-0.3, -0.25) is 0 Å². The summed E-state index contributed by atoms with van der Waals surface area (Å²) in [4.78, 5) is 1.15. The molecule has 0 amide bonds. The maximum atomic E-state index is 11.6. The maximum Gasteiger partial charge on any atom is 0.238 e. The fourth-order valence-electron chi connectivity index (χ4n) is 2.00. The van der Waals surface area contributed by atoms with E-state index in [0.717, 1.165) is 9.94 Å². The Morgan fingerprint density at radius 3 is 2.68 bits per heavy atom. The molecule has 0 fully saturated rings. The SMILES string of the molecule is NS(=O)(=O)c1ccc(Cl)cc1CCc1ccc(OCCO)s1. The highest BCUT2D eigenvalue weighted by molar-refractivity contribution is 7.89. The lowest BCUT2D eigenvalue weighted by atomic mass is 10.1. The van der Waals surface area contributed by atoms with Gasteiger partial charge in [-0.2, -0.15) is 0 Å². The molecular formula is C14H16ClNO4S2. The van der Waals surface area contributed by atoms with E-state index in [1.54, 1.807) is 6.07 Å². The topological polar surface area (TPSA) is 89.6 Å². The van der Waals surface area contributed by atoms with Crippen LogP contribution in [0.25, 0.3) is 0 Å². The monoisotopic (exact) mass is 361 g/mol. The molecule has 0 atom stereocenters. The molecule has 0 bridgehead atoms. The van der Waals surface area contributed by atoms with Gasteiger partial charge in [-0.05, 0) is 48.7 Å². The Labute approximate surface area is 138 Å². The van der Waals surface area contributed by atoms with Crippen molar-refractivity contribution in [3.8, 4) is 5.06 Å². The summed E-state index contributed by atoms with van der Waals surface area (Å²) >= 11 is 7.40. The van der Waals surface area contributed by atoms with E-state index in [9.17, 15) is 8.42 Å². The summed E-state index contributed by atoms with van der Waals surface area (Å²) in [7, 11) is -3.77. The molecule has 0 aliphatic heterocycles. The molecular weight excluding hydrogens is 346 g/mol. The molecule has 2 rings (SSSR count). The van der Waals surface area contributed by atoms with Gasteiger partial charge in [0.1, 0.15) is 6.61 Å². The van der Waals surface area contributed by atoms with E-state index in [4.69, 9.17) is 26.6 Å². The number of hydrogen-bond acceptors (Lipinski definition) is 5. The highest BCUT2D eigenvalue weighted by Crippen LogP contribution is 2.27. The van der Waals surface area contributed by atoms with Gasteiger partial charge in [0.25, 0.3) is 0 Å². The Morgan fingerprint density at radius 1 is 1.23 bits per heavy atom. The summed E-state index contributed by atoms with van der Waals surface area (Å²) in [5.41, 5.74) is 0.598. The molecule has 0 aliphatic rings. The van der Waals surface area contributed by atoms with Gasteiger partial charge >= 0.3 is 0 Å². The summed E-state index contributed by atoms with van der Waals surface area (Å²) < 4.78 is 28.5. The normalized spacial score (nSPS) is 11.6. The van der Waals surface area contributed by atoms with Crippen LogP contribution in [0.3, 0.4) is 0 Å². The minimum Gasteiger partial charge on any atom is -0.482 e. The molecule has 120 valence electrons. The first-order valence-electron chi connectivity index (χ1n) is 6.54. The lowest BCUT2D eigenvalue weighted by Gasteiger charge is -2.07. The maximum absolute atomic E-state index is 11.6. The average Bonchev–Trinajstić information content (AvgIpc) is 2.89. The van der Waals surface area contributed by atoms with Crippen molar-refractivity contribution in [3.05, 3.63) is 45.8 Å². The third-order valence-corrected chi connectivity index (χ3v) is 5.25. The van der Waals surface area contributed by atoms with E-state index in [2.05, 4.69) is 0 Å². The number of aryl methyl sites for hydroxylation is 2. The highest BCUT2D eigenvalue weighted by atomic mass is 35.5. The Bertz CT molecular complexity index is 743. The van der Waals surface area contributed by atoms with Crippen LogP contribution in [0.4, 0.5) is 0 Å². The van der Waals surface area contributed by atoms with Gasteiger partial charge in [0.2, 0.25) is 10.0 Å². The van der Waals surface area contributed by atoms with Crippen molar-refractivity contribution in [1.29, 1.82) is 0 Å². The van der Waals surface area contributed by atoms with Crippen molar-refractivity contribution >= 4 is 33.0 Å². The second-order valence-electron chi connectivity index (χ2n) is 4.59. The van der Waals surface area contributed by atoms with E-state index in [1.165, 1.54) is 23.5 Å². The summed E-state index contributed by atoms with van der Waals surface area (Å²) in [5, 5.41) is 15.1. The van der Waals surface area contributed by atoms with Crippen LogP contribution in [-0.4, -0.2) is 26.7 Å². The first kappa shape index (κ1) is 17.2. The number of aliphatic hydroxyl groups excluding tert-OH is 1. The van der Waals surface area contributed by atoms with Crippen LogP contribution in [0.5, 0.6) is 5.06 Å². The summed E-state index contributed by atoms with van der Waals surface area (Å²) in [6.45, 7) is 0.220. The fraction of sp³-hybridized carbons (Fsp3) is 0.286. The number of halogens is 1. The second kappa shape index (κ2) is 7.43. The van der Waals surface area contributed by atoms with Crippen LogP contribution in [-0.2, 0) is 22.9 Å². The minimum atomic E-state index is -3.77. The number of aliphatic hydroxyl groups is 1. The number of hydrogen-bond donors (Lipinski definition) is 2. The van der Waals surface area contributed by atoms with Crippen LogP contribution in [0.2, 0.25) is 5.02 Å². The largest absolute Gasteiger partial charge is 0.482 e. The summed E-state index contributed by atoms with van der Waals surface area (Å²) in [6.07, 6.45) is 1.16. The van der Waals surface area contributed by atoms with Crippen LogP contribution < -0.4 is 9.88 Å². The van der Waals surface area contributed by atoms with Crippen molar-refractivity contribution in [1.82, 2.24) is 0 Å². The standard InChI is InChI=1S/C14H16ClNO4S2/c15-11-2-5-13(22(16,18)19)10(9-11)1-3-12-4-6-14(21-12)20-8-7-17/h2,4-6,9,17H,1,3,7-8H2,(H2,16,18,19). The molecule has 0 radical (unpaired) electrons. The first-order chi connectivity index (χ1) is 10.4. The third kappa shape index (κ3) is 4.69. The number of nitrogens with two attached hydrogens (primary N) is 1. The molecule has 1 aromatic carbocycles. The molecule has 3 N–H and O–H groups in total. The first-order valence-corrected chi connectivity index (χ1v) is 9.28. The van der Waals surface area contributed by atoms with E-state index >= 15 is 0 Å². The zero-order chi connectivity index (χ0) is 16.2. The zero-order valence-electron chi connectivity index (χ0n) is 11.7. The number of ether oxygens (including phenoxy) is 1. The van der Waals surface area contributed by atoms with Gasteiger partial charge in [-0.25, -0.2) is 13.6 Å². The van der Waals surface area contributed by atoms with Gasteiger partial charge in [0.15, 0.2) is 5.06 Å². The summed E-state index contributed by atoms with van der Waals surface area (Å²) in [6, 6.07) is 8.30. The molecule has 1 heterocycles. The highest BCUT2D eigenvalue weighted by Gasteiger charge is 2.14. The number of sulfonamides is 1. The molecule has 0 saturated carbocycles. The van der Waals surface area contributed by atoms with Crippen molar-refractivity contribution in [2.75, 3.05) is 13.2 Å². The van der Waals surface area contributed by atoms with Gasteiger partial charge in [-0.15, -0.1) is 11.3 Å². The zero-order valence-corrected chi connectivity index (χ0v) is 14.0. The Kier molecular flexibility index (Phi) is 5.82. The third-order valence-electron chi connectivity index (χ3n) is 2.94. The van der Waals surface area contributed by atoms with E-state index < -0.39 is 10.0 Å². The number of rotatable bonds is 7. The number of primary sulfonamides is 1. The molecule has 5 nitrogen and oxygen atoms in total. The Balaban J connectivity index is 2.11. The molecule has 0 saturated heterocycles. The van der Waals surface area contributed by atoms with E-state index in [1.807, 2.05) is 12.1 Å². The quantitative estimate of drug-likeness (QED) is 0.791. The number of thiophene rings is 1. The summed E-state index contributed by atoms with van der Waals surface area (Å²) in [5.74, 6) is 0. The predicted molar refractivity (Wildman–Crippen MR) is 87.1 cm³/mol. The van der Waals surface area contributed by atoms with Crippen molar-refractivity contribution in [2.45, 2.75) is 17.7 Å². The Morgan fingerprint density at radius 2 is 2.00 bits per heavy atom. The van der Waals surface area contributed by atoms with Crippen LogP contribution >= 0.6 is 22.9 Å². The molecule has 0 aliphatic carbocycles. The molecule has 8 heteroatoms. The van der Waals surface area contributed by atoms with Gasteiger partial charge in [0.05, 0.1) is 11.5 Å². The smallest absolute Gasteiger partial charge is 0.238 e. The lowest BCUT2D eigenvalue weighted by molar-refractivity contribution is 0.205. The van der Waals surface area contributed by atoms with Gasteiger partial charge in [-0.1, -0.05) is 11.6 Å². The van der Waals surface area contributed by atoms with Crippen LogP contribution in [0.15, 0.2) is 35.2 Å². The van der Waals surface area contributed by atoms with Crippen LogP contribution in [0, 0.1) is 0 Å². The van der Waals surface area contributed by atoms with Crippen molar-refractivity contribution in [3.63, 3.8) is 0 Å². The fourth-order valence-corrected chi connectivity index (χ4v) is 3.85. The molecule has 2 aromatic rings. The van der Waals surface area contributed by atoms with E-state index in [-0.39, 0.29) is 18.1 Å². The average molecular weight is 362 g/mol. The molecule has 0 unspecified atom stereocenters. The van der Waals surface area contributed by atoms with Gasteiger partial charge in [0, 0.05) is 9.90 Å². The molecule has 0 spiro atoms. The van der Waals surface area contributed by atoms with Crippen molar-refractivity contribution in [2.24, 2.45) is 5.14 Å².